The van der Waals surface area contributed by atoms with Gasteiger partial charge in [-0.05, 0) is 59.6 Å². The smallest absolute Gasteiger partial charge is 0.247 e. The number of methoxy groups -OCH3 is 2. The number of hydrogen-bond donors (Lipinski definition) is 3. The number of aliphatic hydroxyl groups excluding tert-OH is 2. The molecule has 0 radical (unpaired) electrons. The number of carbonyl (C=O) groups is 3. The Bertz CT molecular complexity index is 1030. The highest BCUT2D eigenvalue weighted by Crippen LogP contribution is 2.37. The van der Waals surface area contributed by atoms with Gasteiger partial charge in [-0.1, -0.05) is 19.3 Å². The van der Waals surface area contributed by atoms with Crippen LogP contribution in [-0.4, -0.2) is 92.0 Å². The fourth-order valence-electron chi connectivity index (χ4n) is 5.24. The van der Waals surface area contributed by atoms with E-state index in [2.05, 4.69) is 5.32 Å². The zero-order valence-corrected chi connectivity index (χ0v) is 24.7. The highest BCUT2D eigenvalue weighted by Gasteiger charge is 2.41. The minimum Gasteiger partial charge on any atom is -0.493 e. The van der Waals surface area contributed by atoms with Gasteiger partial charge in [0.05, 0.1) is 36.4 Å². The van der Waals surface area contributed by atoms with Gasteiger partial charge < -0.3 is 34.6 Å². The van der Waals surface area contributed by atoms with Gasteiger partial charge in [-0.25, -0.2) is 0 Å². The van der Waals surface area contributed by atoms with Crippen LogP contribution in [0.1, 0.15) is 55.3 Å². The molecule has 3 rings (SSSR count). The van der Waals surface area contributed by atoms with E-state index in [1.54, 1.807) is 23.1 Å². The Hall–Kier alpha value is -2.22. The summed E-state index contributed by atoms with van der Waals surface area (Å²) in [5.74, 6) is 0.406. The van der Waals surface area contributed by atoms with E-state index in [-0.39, 0.29) is 38.5 Å². The number of ether oxygens (including phenoxy) is 3. The topological polar surface area (TPSA) is 135 Å². The van der Waals surface area contributed by atoms with Gasteiger partial charge in [0, 0.05) is 37.8 Å². The number of amides is 2. The molecule has 39 heavy (non-hydrogen) atoms. The highest BCUT2D eigenvalue weighted by molar-refractivity contribution is 14.1. The first-order chi connectivity index (χ1) is 18.8. The summed E-state index contributed by atoms with van der Waals surface area (Å²) >= 11 is 2.03. The van der Waals surface area contributed by atoms with Crippen molar-refractivity contribution in [3.8, 4) is 11.5 Å². The van der Waals surface area contributed by atoms with Gasteiger partial charge in [0.25, 0.3) is 0 Å². The molecule has 2 aliphatic rings. The number of nitrogens with one attached hydrogen (secondary N) is 1. The second kappa shape index (κ2) is 15.5. The molecule has 0 saturated heterocycles. The lowest BCUT2D eigenvalue weighted by atomic mass is 9.85. The van der Waals surface area contributed by atoms with Crippen molar-refractivity contribution in [2.75, 3.05) is 40.5 Å². The van der Waals surface area contributed by atoms with Crippen LogP contribution in [0.2, 0.25) is 0 Å². The van der Waals surface area contributed by atoms with Crippen LogP contribution in [0, 0.1) is 9.49 Å². The molecule has 0 aromatic heterocycles. The maximum atomic E-state index is 13.4. The molecule has 0 spiro atoms. The third-order valence-electron chi connectivity index (χ3n) is 7.28. The predicted octanol–water partition coefficient (Wildman–Crippen LogP) is 2.47. The van der Waals surface area contributed by atoms with Crippen LogP contribution in [0.4, 0.5) is 0 Å². The molecule has 1 aromatic carbocycles. The molecular weight excluding hydrogens is 619 g/mol. The lowest BCUT2D eigenvalue weighted by molar-refractivity contribution is -0.140. The molecule has 0 bridgehead atoms. The Labute approximate surface area is 243 Å². The van der Waals surface area contributed by atoms with E-state index in [0.29, 0.717) is 45.0 Å². The van der Waals surface area contributed by atoms with Crippen LogP contribution >= 0.6 is 22.6 Å². The minimum absolute atomic E-state index is 0.0757. The average molecular weight is 659 g/mol. The predicted molar refractivity (Wildman–Crippen MR) is 153 cm³/mol. The SMILES string of the molecule is COCCC(=O)N(CC1CCCCC1)C1CC(C(=O)NCCO)=CC(Oc2c(I)cc(C=O)cc2OC)C1O. The van der Waals surface area contributed by atoms with E-state index >= 15 is 0 Å². The van der Waals surface area contributed by atoms with Crippen molar-refractivity contribution >= 4 is 40.7 Å². The van der Waals surface area contributed by atoms with Crippen molar-refractivity contribution in [3.63, 3.8) is 0 Å². The summed E-state index contributed by atoms with van der Waals surface area (Å²) in [6.45, 7) is 0.595. The summed E-state index contributed by atoms with van der Waals surface area (Å²) in [7, 11) is 2.99. The van der Waals surface area contributed by atoms with Crippen LogP contribution < -0.4 is 14.8 Å². The third kappa shape index (κ3) is 8.38. The van der Waals surface area contributed by atoms with E-state index in [1.807, 2.05) is 22.6 Å². The van der Waals surface area contributed by atoms with Crippen LogP contribution in [0.3, 0.4) is 0 Å². The first-order valence-electron chi connectivity index (χ1n) is 13.4. The highest BCUT2D eigenvalue weighted by atomic mass is 127. The molecule has 216 valence electrons. The second-order valence-corrected chi connectivity index (χ2v) is 11.1. The number of halogens is 1. The average Bonchev–Trinajstić information content (AvgIpc) is 2.95. The van der Waals surface area contributed by atoms with E-state index in [4.69, 9.17) is 14.2 Å². The third-order valence-corrected chi connectivity index (χ3v) is 8.08. The number of benzene rings is 1. The largest absolute Gasteiger partial charge is 0.493 e. The standard InChI is InChI=1S/C28H39IN2O8/c1-37-11-8-25(34)31(16-18-6-4-3-5-7-18)22-14-20(28(36)30-9-10-32)15-23(26(22)35)39-27-21(29)12-19(17-33)13-24(27)38-2/h12-13,15,17-18,22-23,26,32,35H,3-11,14,16H2,1-2H3,(H,30,36). The summed E-state index contributed by atoms with van der Waals surface area (Å²) in [5, 5.41) is 23.5. The summed E-state index contributed by atoms with van der Waals surface area (Å²) < 4.78 is 17.5. The summed E-state index contributed by atoms with van der Waals surface area (Å²) in [6.07, 6.45) is 5.86. The summed E-state index contributed by atoms with van der Waals surface area (Å²) in [5.41, 5.74) is 0.767. The summed E-state index contributed by atoms with van der Waals surface area (Å²) in [4.78, 5) is 39.5. The molecule has 2 aliphatic carbocycles. The molecule has 2 amide bonds. The number of carbonyl (C=O) groups excluding carboxylic acids is 3. The quantitative estimate of drug-likeness (QED) is 0.218. The Kier molecular flexibility index (Phi) is 12.5. The molecule has 11 heteroatoms. The molecular formula is C28H39IN2O8. The number of nitrogens with zero attached hydrogens (tertiary/aromatic N) is 1. The van der Waals surface area contributed by atoms with Crippen molar-refractivity contribution in [2.24, 2.45) is 5.92 Å². The fourth-order valence-corrected chi connectivity index (χ4v) is 5.99. The molecule has 10 nitrogen and oxygen atoms in total. The van der Waals surface area contributed by atoms with E-state index in [9.17, 15) is 24.6 Å². The van der Waals surface area contributed by atoms with Crippen molar-refractivity contribution in [1.29, 1.82) is 0 Å². The van der Waals surface area contributed by atoms with Gasteiger partial charge in [0.1, 0.15) is 18.5 Å². The van der Waals surface area contributed by atoms with Crippen molar-refractivity contribution in [1.82, 2.24) is 10.2 Å². The van der Waals surface area contributed by atoms with Gasteiger partial charge in [-0.3, -0.25) is 14.4 Å². The molecule has 1 fully saturated rings. The molecule has 3 N–H and O–H groups in total. The molecule has 0 aliphatic heterocycles. The lowest BCUT2D eigenvalue weighted by Crippen LogP contribution is -2.56. The number of aldehydes is 1. The van der Waals surface area contributed by atoms with Crippen LogP contribution in [0.25, 0.3) is 0 Å². The van der Waals surface area contributed by atoms with E-state index in [1.165, 1.54) is 20.6 Å². The van der Waals surface area contributed by atoms with Crippen LogP contribution in [0.15, 0.2) is 23.8 Å². The molecule has 3 unspecified atom stereocenters. The van der Waals surface area contributed by atoms with Crippen molar-refractivity contribution < 1.29 is 38.8 Å². The zero-order chi connectivity index (χ0) is 28.4. The molecule has 1 saturated carbocycles. The molecule has 3 atom stereocenters. The number of aliphatic hydroxyl groups is 2. The molecule has 0 heterocycles. The van der Waals surface area contributed by atoms with Crippen molar-refractivity contribution in [2.45, 2.75) is 63.2 Å². The van der Waals surface area contributed by atoms with Gasteiger partial charge in [0.2, 0.25) is 11.8 Å². The van der Waals surface area contributed by atoms with Gasteiger partial charge in [-0.15, -0.1) is 0 Å². The lowest BCUT2D eigenvalue weighted by Gasteiger charge is -2.42. The van der Waals surface area contributed by atoms with E-state index < -0.39 is 24.2 Å². The first-order valence-corrected chi connectivity index (χ1v) is 14.5. The monoisotopic (exact) mass is 658 g/mol. The number of hydrogen-bond acceptors (Lipinski definition) is 8. The Morgan fingerprint density at radius 1 is 1.21 bits per heavy atom. The van der Waals surface area contributed by atoms with Crippen molar-refractivity contribution in [3.05, 3.63) is 32.9 Å². The van der Waals surface area contributed by atoms with Gasteiger partial charge >= 0.3 is 0 Å². The van der Waals surface area contributed by atoms with Gasteiger partial charge in [-0.2, -0.15) is 0 Å². The fraction of sp³-hybridized carbons (Fsp3) is 0.607. The Morgan fingerprint density at radius 3 is 2.59 bits per heavy atom. The summed E-state index contributed by atoms with van der Waals surface area (Å²) in [6, 6.07) is 2.47. The Balaban J connectivity index is 1.98. The maximum Gasteiger partial charge on any atom is 0.247 e. The zero-order valence-electron chi connectivity index (χ0n) is 22.6. The van der Waals surface area contributed by atoms with Crippen LogP contribution in [-0.2, 0) is 14.3 Å². The maximum absolute atomic E-state index is 13.4. The number of rotatable bonds is 13. The van der Waals surface area contributed by atoms with Gasteiger partial charge in [0.15, 0.2) is 11.5 Å². The normalized spacial score (nSPS) is 21.6. The van der Waals surface area contributed by atoms with E-state index in [0.717, 1.165) is 25.7 Å². The second-order valence-electron chi connectivity index (χ2n) is 9.96. The Morgan fingerprint density at radius 2 is 1.95 bits per heavy atom. The first kappa shape index (κ1) is 31.3. The molecule has 1 aromatic rings. The van der Waals surface area contributed by atoms with Crippen LogP contribution in [0.5, 0.6) is 11.5 Å². The minimum atomic E-state index is -1.14.